The highest BCUT2D eigenvalue weighted by Gasteiger charge is 2.44. The minimum Gasteiger partial charge on any atom is -0.507 e. The Morgan fingerprint density at radius 1 is 1.00 bits per heavy atom. The number of rotatable bonds is 3. The predicted molar refractivity (Wildman–Crippen MR) is 144 cm³/mol. The molecular formula is C32H30O7. The van der Waals surface area contributed by atoms with Crippen molar-refractivity contribution in [2.75, 3.05) is 0 Å². The predicted octanol–water partition coefficient (Wildman–Crippen LogP) is 5.85. The van der Waals surface area contributed by atoms with Gasteiger partial charge in [0.15, 0.2) is 11.6 Å². The molecule has 0 amide bonds. The van der Waals surface area contributed by atoms with Crippen molar-refractivity contribution in [2.45, 2.75) is 62.4 Å². The van der Waals surface area contributed by atoms with Crippen molar-refractivity contribution in [1.29, 1.82) is 0 Å². The van der Waals surface area contributed by atoms with Crippen LogP contribution in [0.25, 0.3) is 6.08 Å². The van der Waals surface area contributed by atoms with Gasteiger partial charge in [0.1, 0.15) is 28.9 Å². The fourth-order valence-electron chi connectivity index (χ4n) is 5.89. The summed E-state index contributed by atoms with van der Waals surface area (Å²) in [4.78, 5) is 26.0. The van der Waals surface area contributed by atoms with Crippen LogP contribution in [-0.2, 0) is 9.53 Å². The zero-order valence-electron chi connectivity index (χ0n) is 21.4. The second-order valence-electron chi connectivity index (χ2n) is 10.5. The lowest BCUT2D eigenvalue weighted by Gasteiger charge is -2.42. The number of esters is 1. The maximum atomic E-state index is 13.3. The Balaban J connectivity index is 1.45. The summed E-state index contributed by atoms with van der Waals surface area (Å²) in [7, 11) is 0. The summed E-state index contributed by atoms with van der Waals surface area (Å²) in [5.74, 6) is -2.57. The lowest BCUT2D eigenvalue weighted by atomic mass is 9.79. The first-order chi connectivity index (χ1) is 18.9. The standard InChI is InChI=1S/C32H30O7/c33-24-17-26(21-10-5-2-6-11-21)38-31-29-22-16-23(12-7-13-28(35)37-27(29)18-25(34)30(24)31)39-32(36,19-22)15-14-20-8-3-1-4-9-20/h1-6,8-11,14-15,18,22-23,26,34,36H,7,12-13,16-17,19H2/b15-14+/t22?,23-,26+,32+/m1/s1. The van der Waals surface area contributed by atoms with E-state index in [9.17, 15) is 19.8 Å². The van der Waals surface area contributed by atoms with Gasteiger partial charge in [0.05, 0.1) is 12.5 Å². The van der Waals surface area contributed by atoms with Gasteiger partial charge in [-0.05, 0) is 42.4 Å². The van der Waals surface area contributed by atoms with Gasteiger partial charge in [0, 0.05) is 24.5 Å². The van der Waals surface area contributed by atoms with Gasteiger partial charge in [-0.3, -0.25) is 9.59 Å². The molecule has 7 heteroatoms. The van der Waals surface area contributed by atoms with Crippen LogP contribution in [0.2, 0.25) is 0 Å². The number of phenols is 1. The number of ether oxygens (including phenoxy) is 3. The Morgan fingerprint density at radius 2 is 1.74 bits per heavy atom. The Labute approximate surface area is 226 Å². The van der Waals surface area contributed by atoms with Crippen molar-refractivity contribution in [3.05, 3.63) is 95.1 Å². The molecule has 3 aliphatic rings. The molecule has 39 heavy (non-hydrogen) atoms. The van der Waals surface area contributed by atoms with E-state index in [1.807, 2.05) is 66.7 Å². The van der Waals surface area contributed by atoms with Gasteiger partial charge in [-0.1, -0.05) is 66.7 Å². The smallest absolute Gasteiger partial charge is 0.311 e. The van der Waals surface area contributed by atoms with Crippen molar-refractivity contribution in [3.8, 4) is 17.2 Å². The molecule has 3 aromatic rings. The quantitative estimate of drug-likeness (QED) is 0.326. The number of carbonyl (C=O) groups is 2. The van der Waals surface area contributed by atoms with Crippen LogP contribution in [0.1, 0.15) is 77.6 Å². The molecule has 200 valence electrons. The number of ketones is 1. The van der Waals surface area contributed by atoms with Crippen LogP contribution in [0.15, 0.2) is 72.8 Å². The topological polar surface area (TPSA) is 102 Å². The molecule has 0 aliphatic carbocycles. The van der Waals surface area contributed by atoms with Crippen LogP contribution in [0.4, 0.5) is 0 Å². The molecule has 3 heterocycles. The van der Waals surface area contributed by atoms with E-state index < -0.39 is 17.9 Å². The van der Waals surface area contributed by atoms with Crippen LogP contribution in [-0.4, -0.2) is 33.9 Å². The monoisotopic (exact) mass is 526 g/mol. The zero-order valence-corrected chi connectivity index (χ0v) is 21.4. The SMILES string of the molecule is O=C1CCC[C@@H]2CC(C[C@](O)(/C=C/c3ccccc3)O2)c2c(cc(O)c3c2O[C@H](c2ccccc2)CC3=O)O1. The van der Waals surface area contributed by atoms with Crippen LogP contribution < -0.4 is 9.47 Å². The van der Waals surface area contributed by atoms with E-state index in [1.54, 1.807) is 6.08 Å². The highest BCUT2D eigenvalue weighted by atomic mass is 16.6. The third kappa shape index (κ3) is 5.20. The third-order valence-electron chi connectivity index (χ3n) is 7.67. The fraction of sp³-hybridized carbons (Fsp3) is 0.312. The summed E-state index contributed by atoms with van der Waals surface area (Å²) in [5, 5.41) is 22.5. The largest absolute Gasteiger partial charge is 0.507 e. The van der Waals surface area contributed by atoms with E-state index in [0.29, 0.717) is 24.8 Å². The summed E-state index contributed by atoms with van der Waals surface area (Å²) < 4.78 is 18.4. The van der Waals surface area contributed by atoms with E-state index >= 15 is 0 Å². The Hall–Kier alpha value is -3.94. The normalized spacial score (nSPS) is 26.7. The minimum atomic E-state index is -1.59. The molecule has 7 nitrogen and oxygen atoms in total. The summed E-state index contributed by atoms with van der Waals surface area (Å²) in [5.41, 5.74) is 2.34. The third-order valence-corrected chi connectivity index (χ3v) is 7.67. The van der Waals surface area contributed by atoms with Crippen LogP contribution >= 0.6 is 0 Å². The van der Waals surface area contributed by atoms with Crippen molar-refractivity contribution in [1.82, 2.24) is 0 Å². The fourth-order valence-corrected chi connectivity index (χ4v) is 5.89. The Bertz CT molecular complexity index is 1420. The molecule has 1 unspecified atom stereocenters. The second kappa shape index (κ2) is 10.3. The van der Waals surface area contributed by atoms with Gasteiger partial charge in [0.2, 0.25) is 0 Å². The number of benzene rings is 3. The highest BCUT2D eigenvalue weighted by Crippen LogP contribution is 2.53. The second-order valence-corrected chi connectivity index (χ2v) is 10.5. The molecule has 4 atom stereocenters. The average Bonchev–Trinajstić information content (AvgIpc) is 2.92. The molecule has 3 aliphatic heterocycles. The number of phenolic OH excluding ortho intramolecular Hbond substituents is 1. The molecular weight excluding hydrogens is 496 g/mol. The first kappa shape index (κ1) is 25.3. The summed E-state index contributed by atoms with van der Waals surface area (Å²) in [6, 6.07) is 20.4. The van der Waals surface area contributed by atoms with E-state index in [2.05, 4.69) is 0 Å². The maximum Gasteiger partial charge on any atom is 0.311 e. The van der Waals surface area contributed by atoms with E-state index in [0.717, 1.165) is 11.1 Å². The van der Waals surface area contributed by atoms with Gasteiger partial charge >= 0.3 is 5.97 Å². The first-order valence-corrected chi connectivity index (χ1v) is 13.4. The molecule has 6 rings (SSSR count). The van der Waals surface area contributed by atoms with Crippen LogP contribution in [0.3, 0.4) is 0 Å². The molecule has 1 fully saturated rings. The average molecular weight is 527 g/mol. The lowest BCUT2D eigenvalue weighted by Crippen LogP contribution is -2.42. The highest BCUT2D eigenvalue weighted by molar-refractivity contribution is 6.03. The van der Waals surface area contributed by atoms with Crippen molar-refractivity contribution in [2.24, 2.45) is 0 Å². The number of hydrogen-bond donors (Lipinski definition) is 2. The number of hydrogen-bond acceptors (Lipinski definition) is 7. The lowest BCUT2D eigenvalue weighted by molar-refractivity contribution is -0.227. The minimum absolute atomic E-state index is 0.0727. The van der Waals surface area contributed by atoms with Crippen molar-refractivity contribution >= 4 is 17.8 Å². The first-order valence-electron chi connectivity index (χ1n) is 13.4. The molecule has 0 spiro atoms. The van der Waals surface area contributed by atoms with Crippen LogP contribution in [0, 0.1) is 0 Å². The Morgan fingerprint density at radius 3 is 2.51 bits per heavy atom. The summed E-state index contributed by atoms with van der Waals surface area (Å²) in [6.07, 6.45) is 4.61. The van der Waals surface area contributed by atoms with Gasteiger partial charge in [-0.25, -0.2) is 0 Å². The van der Waals surface area contributed by atoms with Crippen molar-refractivity contribution < 1.29 is 34.0 Å². The number of carbonyl (C=O) groups excluding carboxylic acids is 2. The molecule has 0 radical (unpaired) electrons. The molecule has 2 bridgehead atoms. The van der Waals surface area contributed by atoms with Gasteiger partial charge in [0.25, 0.3) is 0 Å². The molecule has 3 aromatic carbocycles. The van der Waals surface area contributed by atoms with Gasteiger partial charge < -0.3 is 24.4 Å². The van der Waals surface area contributed by atoms with E-state index in [4.69, 9.17) is 14.2 Å². The molecule has 0 saturated carbocycles. The van der Waals surface area contributed by atoms with Crippen LogP contribution in [0.5, 0.6) is 17.2 Å². The zero-order chi connectivity index (χ0) is 27.0. The van der Waals surface area contributed by atoms with Gasteiger partial charge in [-0.15, -0.1) is 0 Å². The number of aliphatic hydroxyl groups is 1. The van der Waals surface area contributed by atoms with E-state index in [-0.39, 0.29) is 59.9 Å². The summed E-state index contributed by atoms with van der Waals surface area (Å²) >= 11 is 0. The van der Waals surface area contributed by atoms with Gasteiger partial charge in [-0.2, -0.15) is 0 Å². The molecule has 2 N–H and O–H groups in total. The number of Topliss-reactive ketones (excluding diaryl/α,β-unsaturated/α-hetero) is 1. The van der Waals surface area contributed by atoms with E-state index in [1.165, 1.54) is 6.07 Å². The maximum absolute atomic E-state index is 13.3. The number of aromatic hydroxyl groups is 1. The molecule has 1 saturated heterocycles. The summed E-state index contributed by atoms with van der Waals surface area (Å²) in [6.45, 7) is 0. The van der Waals surface area contributed by atoms with Crippen molar-refractivity contribution in [3.63, 3.8) is 0 Å². The molecule has 0 aromatic heterocycles. The Kier molecular flexibility index (Phi) is 6.71. The number of fused-ring (bicyclic) bond motifs is 6.